The van der Waals surface area contributed by atoms with Crippen molar-refractivity contribution in [3.63, 3.8) is 0 Å². The van der Waals surface area contributed by atoms with Crippen LogP contribution in [0.3, 0.4) is 0 Å². The fraction of sp³-hybridized carbons (Fsp3) is 0.375. The number of aryl methyl sites for hydroxylation is 1. The van der Waals surface area contributed by atoms with Crippen LogP contribution in [-0.4, -0.2) is 83.8 Å². The summed E-state index contributed by atoms with van der Waals surface area (Å²) >= 11 is 1.73. The van der Waals surface area contributed by atoms with Gasteiger partial charge in [0.1, 0.15) is 11.9 Å². The van der Waals surface area contributed by atoms with Gasteiger partial charge in [0.25, 0.3) is 0 Å². The summed E-state index contributed by atoms with van der Waals surface area (Å²) in [6, 6.07) is 8.18. The van der Waals surface area contributed by atoms with Crippen molar-refractivity contribution in [1.82, 2.24) is 19.4 Å². The number of pyridine rings is 1. The summed E-state index contributed by atoms with van der Waals surface area (Å²) < 4.78 is 104. The van der Waals surface area contributed by atoms with E-state index in [4.69, 9.17) is 34.4 Å². The monoisotopic (exact) mass is 682 g/mol. The van der Waals surface area contributed by atoms with E-state index >= 15 is 0 Å². The molecule has 1 atom stereocenters. The van der Waals surface area contributed by atoms with Gasteiger partial charge >= 0.3 is 36.4 Å². The standard InChI is InChI=1S/C18H20N4OS.3C2HF3O2/c1-14-18(24-13-20-14)12-21-9-15-4-3-7-22(15)11-17(10-21)23-16-5-2-6-19-8-16;3*3-2(4,5)1(6)7/h2-8,13,17H,9-12H2,1H3;3*(H,6,7). The van der Waals surface area contributed by atoms with E-state index < -0.39 is 36.4 Å². The Hall–Kier alpha value is -4.40. The van der Waals surface area contributed by atoms with E-state index in [1.807, 2.05) is 17.6 Å². The number of fused-ring (bicyclic) bond motifs is 1. The van der Waals surface area contributed by atoms with Crippen LogP contribution in [0, 0.1) is 6.92 Å². The predicted octanol–water partition coefficient (Wildman–Crippen LogP) is 5.01. The summed E-state index contributed by atoms with van der Waals surface area (Å²) in [6.45, 7) is 5.66. The zero-order valence-electron chi connectivity index (χ0n) is 22.6. The van der Waals surface area contributed by atoms with Crippen LogP contribution in [0.25, 0.3) is 0 Å². The Balaban J connectivity index is 0.000000396. The zero-order chi connectivity index (χ0) is 34.6. The van der Waals surface area contributed by atoms with Crippen LogP contribution in [0.4, 0.5) is 39.5 Å². The maximum Gasteiger partial charge on any atom is 0.490 e. The number of alkyl halides is 9. The molecule has 21 heteroatoms. The average Bonchev–Trinajstić information content (AvgIpc) is 3.48. The number of hydrogen-bond acceptors (Lipinski definition) is 8. The molecule has 0 saturated carbocycles. The minimum absolute atomic E-state index is 0.0936. The average molecular weight is 683 g/mol. The molecule has 4 rings (SSSR count). The molecule has 3 aromatic rings. The highest BCUT2D eigenvalue weighted by atomic mass is 32.1. The lowest BCUT2D eigenvalue weighted by Gasteiger charge is -2.24. The third-order valence-corrected chi connectivity index (χ3v) is 5.97. The summed E-state index contributed by atoms with van der Waals surface area (Å²) in [5, 5.41) is 21.4. The van der Waals surface area contributed by atoms with E-state index in [1.54, 1.807) is 23.7 Å². The van der Waals surface area contributed by atoms with Gasteiger partial charge in [-0.15, -0.1) is 11.3 Å². The van der Waals surface area contributed by atoms with E-state index in [-0.39, 0.29) is 6.10 Å². The highest BCUT2D eigenvalue weighted by Gasteiger charge is 2.39. The van der Waals surface area contributed by atoms with Crippen LogP contribution < -0.4 is 4.74 Å². The van der Waals surface area contributed by atoms with Crippen molar-refractivity contribution < 1.29 is 74.0 Å². The van der Waals surface area contributed by atoms with Crippen LogP contribution in [0.2, 0.25) is 0 Å². The number of aromatic nitrogens is 3. The van der Waals surface area contributed by atoms with E-state index in [0.29, 0.717) is 0 Å². The van der Waals surface area contributed by atoms with Crippen LogP contribution >= 0.6 is 11.3 Å². The summed E-state index contributed by atoms with van der Waals surface area (Å²) in [4.78, 5) is 39.0. The first-order valence-corrected chi connectivity index (χ1v) is 12.7. The van der Waals surface area contributed by atoms with Gasteiger partial charge in [-0.05, 0) is 31.2 Å². The number of thiazole rings is 1. The number of carboxylic acids is 3. The number of nitrogens with zero attached hydrogens (tertiary/aromatic N) is 4. The molecule has 0 bridgehead atoms. The van der Waals surface area contributed by atoms with Crippen LogP contribution in [-0.2, 0) is 34.0 Å². The maximum absolute atomic E-state index is 10.6. The molecule has 0 aliphatic carbocycles. The van der Waals surface area contributed by atoms with Crippen LogP contribution in [0.15, 0.2) is 48.4 Å². The molecule has 0 aromatic carbocycles. The first-order chi connectivity index (χ1) is 20.6. The molecule has 4 heterocycles. The van der Waals surface area contributed by atoms with Gasteiger partial charge in [-0.25, -0.2) is 19.4 Å². The minimum Gasteiger partial charge on any atom is -0.486 e. The fourth-order valence-electron chi connectivity index (χ4n) is 3.12. The van der Waals surface area contributed by atoms with Crippen molar-refractivity contribution in [2.24, 2.45) is 0 Å². The summed E-state index contributed by atoms with van der Waals surface area (Å²) in [5.41, 5.74) is 4.38. The van der Waals surface area contributed by atoms with Gasteiger partial charge in [-0.3, -0.25) is 9.88 Å². The van der Waals surface area contributed by atoms with Crippen molar-refractivity contribution in [3.05, 3.63) is 64.6 Å². The zero-order valence-corrected chi connectivity index (χ0v) is 23.4. The molecule has 3 aromatic heterocycles. The van der Waals surface area contributed by atoms with Gasteiger partial charge in [0.2, 0.25) is 0 Å². The van der Waals surface area contributed by atoms with Crippen molar-refractivity contribution in [2.45, 2.75) is 51.2 Å². The number of rotatable bonds is 4. The smallest absolute Gasteiger partial charge is 0.486 e. The summed E-state index contributed by atoms with van der Waals surface area (Å²) in [6.07, 6.45) is -9.48. The minimum atomic E-state index is -5.08. The van der Waals surface area contributed by atoms with Crippen LogP contribution in [0.5, 0.6) is 5.75 Å². The molecule has 1 aliphatic heterocycles. The van der Waals surface area contributed by atoms with Crippen molar-refractivity contribution in [1.29, 1.82) is 0 Å². The quantitative estimate of drug-likeness (QED) is 0.320. The van der Waals surface area contributed by atoms with E-state index in [9.17, 15) is 39.5 Å². The molecule has 0 amide bonds. The second-order valence-corrected chi connectivity index (χ2v) is 9.46. The molecule has 0 radical (unpaired) electrons. The van der Waals surface area contributed by atoms with Gasteiger partial charge < -0.3 is 24.6 Å². The molecular formula is C24H23F9N4O7S. The molecule has 1 aliphatic rings. The molecule has 0 spiro atoms. The van der Waals surface area contributed by atoms with E-state index in [0.717, 1.165) is 37.6 Å². The Kier molecular flexibility index (Phi) is 14.3. The normalized spacial score (nSPS) is 14.9. The first kappa shape index (κ1) is 38.6. The third-order valence-electron chi connectivity index (χ3n) is 5.05. The number of ether oxygens (including phenoxy) is 1. The fourth-order valence-corrected chi connectivity index (χ4v) is 3.93. The lowest BCUT2D eigenvalue weighted by atomic mass is 10.3. The van der Waals surface area contributed by atoms with Gasteiger partial charge in [0.05, 0.1) is 23.9 Å². The van der Waals surface area contributed by atoms with E-state index in [2.05, 4.69) is 44.7 Å². The number of carbonyl (C=O) groups is 3. The largest absolute Gasteiger partial charge is 0.490 e. The molecule has 11 nitrogen and oxygen atoms in total. The highest BCUT2D eigenvalue weighted by Crippen LogP contribution is 2.22. The molecule has 45 heavy (non-hydrogen) atoms. The van der Waals surface area contributed by atoms with E-state index in [1.165, 1.54) is 10.6 Å². The molecule has 0 fully saturated rings. The number of halogens is 9. The molecule has 3 N–H and O–H groups in total. The molecule has 250 valence electrons. The van der Waals surface area contributed by atoms with Gasteiger partial charge in [0.15, 0.2) is 0 Å². The highest BCUT2D eigenvalue weighted by molar-refractivity contribution is 7.09. The Labute approximate surface area is 251 Å². The number of aliphatic carboxylic acids is 3. The Bertz CT molecular complexity index is 1320. The number of hydrogen-bond donors (Lipinski definition) is 3. The molecule has 1 unspecified atom stereocenters. The Morgan fingerprint density at radius 3 is 1.87 bits per heavy atom. The predicted molar refractivity (Wildman–Crippen MR) is 135 cm³/mol. The first-order valence-electron chi connectivity index (χ1n) is 11.8. The van der Waals surface area contributed by atoms with Gasteiger partial charge in [-0.2, -0.15) is 39.5 Å². The van der Waals surface area contributed by atoms with Crippen molar-refractivity contribution >= 4 is 29.2 Å². The lowest BCUT2D eigenvalue weighted by molar-refractivity contribution is -0.193. The van der Waals surface area contributed by atoms with Gasteiger partial charge in [-0.1, -0.05) is 0 Å². The molecule has 0 saturated heterocycles. The van der Waals surface area contributed by atoms with Crippen molar-refractivity contribution in [3.8, 4) is 5.75 Å². The maximum atomic E-state index is 10.6. The summed E-state index contributed by atoms with van der Waals surface area (Å²) in [7, 11) is 0. The SMILES string of the molecule is Cc1ncsc1CN1Cc2cccn2CC(Oc2cccnc2)C1.O=C(O)C(F)(F)F.O=C(O)C(F)(F)F.O=C(O)C(F)(F)F. The lowest BCUT2D eigenvalue weighted by Crippen LogP contribution is -2.34. The second kappa shape index (κ2) is 16.6. The Morgan fingerprint density at radius 1 is 0.911 bits per heavy atom. The number of carboxylic acid groups (broad SMARTS) is 3. The summed E-state index contributed by atoms with van der Waals surface area (Å²) in [5.74, 6) is -7.44. The molecular weight excluding hydrogens is 659 g/mol. The van der Waals surface area contributed by atoms with Gasteiger partial charge in [0, 0.05) is 42.6 Å². The Morgan fingerprint density at radius 2 is 1.44 bits per heavy atom. The van der Waals surface area contributed by atoms with Crippen molar-refractivity contribution in [2.75, 3.05) is 6.54 Å². The van der Waals surface area contributed by atoms with Crippen LogP contribution in [0.1, 0.15) is 16.3 Å². The second-order valence-electron chi connectivity index (χ2n) is 8.52. The third kappa shape index (κ3) is 14.8. The topological polar surface area (TPSA) is 155 Å².